The molecule has 0 aliphatic rings. The van der Waals surface area contributed by atoms with Gasteiger partial charge in [0.1, 0.15) is 0 Å². The van der Waals surface area contributed by atoms with Gasteiger partial charge in [-0.25, -0.2) is 0 Å². The molecule has 0 atom stereocenters. The second kappa shape index (κ2) is 7.65. The third kappa shape index (κ3) is 3.88. The number of hydrogen-bond donors (Lipinski definition) is 0. The number of benzene rings is 1. The van der Waals surface area contributed by atoms with Crippen molar-refractivity contribution in [3.8, 4) is 0 Å². The first kappa shape index (κ1) is 16.1. The van der Waals surface area contributed by atoms with E-state index in [1.165, 1.54) is 16.3 Å². The molecule has 2 aromatic rings. The first-order chi connectivity index (χ1) is 10.2. The van der Waals surface area contributed by atoms with E-state index < -0.39 is 8.80 Å². The third-order valence-electron chi connectivity index (χ3n) is 3.88. The predicted octanol–water partition coefficient (Wildman–Crippen LogP) is 3.44. The molecule has 1 aromatic carbocycles. The first-order valence-electron chi connectivity index (χ1n) is 7.22. The van der Waals surface area contributed by atoms with Crippen molar-refractivity contribution < 1.29 is 13.3 Å². The van der Waals surface area contributed by atoms with Crippen LogP contribution in [0.5, 0.6) is 0 Å². The van der Waals surface area contributed by atoms with Gasteiger partial charge in [-0.15, -0.1) is 0 Å². The van der Waals surface area contributed by atoms with Crippen LogP contribution in [0.1, 0.15) is 18.4 Å². The Morgan fingerprint density at radius 1 is 1.00 bits per heavy atom. The summed E-state index contributed by atoms with van der Waals surface area (Å²) in [5.41, 5.74) is 1.37. The lowest BCUT2D eigenvalue weighted by Gasteiger charge is -2.24. The Kier molecular flexibility index (Phi) is 5.87. The Bertz CT molecular complexity index is 559. The maximum Gasteiger partial charge on any atom is 0.500 e. The highest BCUT2D eigenvalue weighted by Crippen LogP contribution is 2.21. The van der Waals surface area contributed by atoms with Crippen molar-refractivity contribution in [3.05, 3.63) is 42.2 Å². The standard InChI is InChI=1S/C16H23NO3Si/c1-18-21(19-2,20-3)12-5-4-7-14-8-6-9-15-13-17-11-10-16(14)15/h6,8-11,13H,4-5,7,12H2,1-3H3. The Morgan fingerprint density at radius 2 is 1.76 bits per heavy atom. The van der Waals surface area contributed by atoms with E-state index in [4.69, 9.17) is 13.3 Å². The van der Waals surface area contributed by atoms with E-state index >= 15 is 0 Å². The fourth-order valence-corrected chi connectivity index (χ4v) is 4.42. The second-order valence-corrected chi connectivity index (χ2v) is 8.11. The van der Waals surface area contributed by atoms with Crippen molar-refractivity contribution in [2.45, 2.75) is 25.3 Å². The summed E-state index contributed by atoms with van der Waals surface area (Å²) in [4.78, 5) is 4.17. The van der Waals surface area contributed by atoms with Crippen molar-refractivity contribution >= 4 is 19.6 Å². The van der Waals surface area contributed by atoms with E-state index in [0.717, 1.165) is 25.3 Å². The molecule has 114 valence electrons. The summed E-state index contributed by atoms with van der Waals surface area (Å²) in [5.74, 6) is 0. The maximum absolute atomic E-state index is 5.44. The van der Waals surface area contributed by atoms with E-state index in [1.807, 2.05) is 12.4 Å². The van der Waals surface area contributed by atoms with Gasteiger partial charge in [0.2, 0.25) is 0 Å². The summed E-state index contributed by atoms with van der Waals surface area (Å²) in [6, 6.07) is 9.32. The lowest BCUT2D eigenvalue weighted by atomic mass is 10.0. The van der Waals surface area contributed by atoms with Crippen LogP contribution in [0.15, 0.2) is 36.7 Å². The lowest BCUT2D eigenvalue weighted by molar-refractivity contribution is 0.123. The minimum absolute atomic E-state index is 0.850. The first-order valence-corrected chi connectivity index (χ1v) is 9.15. The van der Waals surface area contributed by atoms with Gasteiger partial charge < -0.3 is 13.3 Å². The molecule has 0 bridgehead atoms. The van der Waals surface area contributed by atoms with Crippen LogP contribution in [0.4, 0.5) is 0 Å². The van der Waals surface area contributed by atoms with E-state index in [1.54, 1.807) is 21.3 Å². The van der Waals surface area contributed by atoms with Gasteiger partial charge in [-0.1, -0.05) is 18.2 Å². The summed E-state index contributed by atoms with van der Waals surface area (Å²) in [5, 5.41) is 2.49. The zero-order valence-electron chi connectivity index (χ0n) is 13.0. The minimum Gasteiger partial charge on any atom is -0.377 e. The average molecular weight is 305 g/mol. The molecule has 4 nitrogen and oxygen atoms in total. The smallest absolute Gasteiger partial charge is 0.377 e. The average Bonchev–Trinajstić information content (AvgIpc) is 2.56. The zero-order chi connectivity index (χ0) is 15.1. The normalized spacial score (nSPS) is 12.0. The molecule has 0 N–H and O–H groups in total. The van der Waals surface area contributed by atoms with Crippen LogP contribution in [-0.4, -0.2) is 35.1 Å². The maximum atomic E-state index is 5.44. The van der Waals surface area contributed by atoms with Crippen LogP contribution in [0.3, 0.4) is 0 Å². The molecule has 1 aromatic heterocycles. The highest BCUT2D eigenvalue weighted by molar-refractivity contribution is 6.60. The second-order valence-electron chi connectivity index (χ2n) is 5.02. The number of pyridine rings is 1. The Hall–Kier alpha value is -1.27. The topological polar surface area (TPSA) is 40.6 Å². The molecule has 0 aliphatic heterocycles. The van der Waals surface area contributed by atoms with Gasteiger partial charge in [0, 0.05) is 45.2 Å². The fraction of sp³-hybridized carbons (Fsp3) is 0.438. The third-order valence-corrected chi connectivity index (χ3v) is 6.72. The van der Waals surface area contributed by atoms with Crippen LogP contribution < -0.4 is 0 Å². The van der Waals surface area contributed by atoms with Crippen molar-refractivity contribution in [3.63, 3.8) is 0 Å². The molecule has 0 amide bonds. The highest BCUT2D eigenvalue weighted by atomic mass is 28.4. The van der Waals surface area contributed by atoms with Crippen molar-refractivity contribution in [2.75, 3.05) is 21.3 Å². The number of nitrogens with zero attached hydrogens (tertiary/aromatic N) is 1. The van der Waals surface area contributed by atoms with Crippen molar-refractivity contribution in [1.29, 1.82) is 0 Å². The van der Waals surface area contributed by atoms with Gasteiger partial charge >= 0.3 is 8.80 Å². The Labute approximate surface area is 127 Å². The van der Waals surface area contributed by atoms with Crippen LogP contribution >= 0.6 is 0 Å². The molecule has 0 spiro atoms. The van der Waals surface area contributed by atoms with Crippen LogP contribution in [0.25, 0.3) is 10.8 Å². The minimum atomic E-state index is -2.42. The van der Waals surface area contributed by atoms with Crippen LogP contribution in [0, 0.1) is 0 Å². The number of unbranched alkanes of at least 4 members (excludes halogenated alkanes) is 1. The van der Waals surface area contributed by atoms with Crippen molar-refractivity contribution in [2.24, 2.45) is 0 Å². The Morgan fingerprint density at radius 3 is 2.48 bits per heavy atom. The monoisotopic (exact) mass is 305 g/mol. The number of rotatable bonds is 8. The number of hydrogen-bond acceptors (Lipinski definition) is 4. The quantitative estimate of drug-likeness (QED) is 0.553. The highest BCUT2D eigenvalue weighted by Gasteiger charge is 2.36. The predicted molar refractivity (Wildman–Crippen MR) is 86.3 cm³/mol. The molecule has 0 unspecified atom stereocenters. The number of aromatic nitrogens is 1. The van der Waals surface area contributed by atoms with Crippen LogP contribution in [-0.2, 0) is 19.7 Å². The molecule has 5 heteroatoms. The summed E-state index contributed by atoms with van der Waals surface area (Å²) in [7, 11) is 2.57. The SMILES string of the molecule is CO[Si](CCCCc1cccc2cnccc12)(OC)OC. The van der Waals surface area contributed by atoms with E-state index in [2.05, 4.69) is 29.2 Å². The number of aryl methyl sites for hydroxylation is 1. The van der Waals surface area contributed by atoms with Crippen LogP contribution in [0.2, 0.25) is 6.04 Å². The van der Waals surface area contributed by atoms with Gasteiger partial charge in [-0.3, -0.25) is 4.98 Å². The van der Waals surface area contributed by atoms with E-state index in [0.29, 0.717) is 0 Å². The van der Waals surface area contributed by atoms with Gasteiger partial charge in [-0.05, 0) is 36.3 Å². The van der Waals surface area contributed by atoms with E-state index in [-0.39, 0.29) is 0 Å². The Balaban J connectivity index is 1.94. The summed E-state index contributed by atoms with van der Waals surface area (Å²) >= 11 is 0. The largest absolute Gasteiger partial charge is 0.500 e. The lowest BCUT2D eigenvalue weighted by Crippen LogP contribution is -2.42. The molecular formula is C16H23NO3Si. The van der Waals surface area contributed by atoms with Gasteiger partial charge in [-0.2, -0.15) is 0 Å². The zero-order valence-corrected chi connectivity index (χ0v) is 14.0. The molecular weight excluding hydrogens is 282 g/mol. The molecule has 21 heavy (non-hydrogen) atoms. The molecule has 0 fully saturated rings. The molecule has 1 heterocycles. The molecule has 0 saturated heterocycles. The summed E-state index contributed by atoms with van der Waals surface area (Å²) in [6.07, 6.45) is 6.93. The molecule has 0 saturated carbocycles. The number of fused-ring (bicyclic) bond motifs is 1. The summed E-state index contributed by atoms with van der Waals surface area (Å²) in [6.45, 7) is 0. The van der Waals surface area contributed by atoms with Gasteiger partial charge in [0.15, 0.2) is 0 Å². The molecule has 0 radical (unpaired) electrons. The molecule has 2 rings (SSSR count). The van der Waals surface area contributed by atoms with Gasteiger partial charge in [0.25, 0.3) is 0 Å². The van der Waals surface area contributed by atoms with Crippen molar-refractivity contribution in [1.82, 2.24) is 4.98 Å². The molecule has 0 aliphatic carbocycles. The van der Waals surface area contributed by atoms with Gasteiger partial charge in [0.05, 0.1) is 0 Å². The fourth-order valence-electron chi connectivity index (χ4n) is 2.62. The van der Waals surface area contributed by atoms with E-state index in [9.17, 15) is 0 Å². The summed E-state index contributed by atoms with van der Waals surface area (Å²) < 4.78 is 16.3.